The van der Waals surface area contributed by atoms with E-state index in [1.807, 2.05) is 25.1 Å². The van der Waals surface area contributed by atoms with Crippen molar-refractivity contribution in [3.05, 3.63) is 51.3 Å². The van der Waals surface area contributed by atoms with Gasteiger partial charge in [-0.15, -0.1) is 0 Å². The molecular weight excluding hydrogens is 320 g/mol. The molecule has 1 amide bonds. The molecule has 2 N–H and O–H groups in total. The van der Waals surface area contributed by atoms with Crippen LogP contribution in [0, 0.1) is 6.92 Å². The Morgan fingerprint density at radius 3 is 2.79 bits per heavy atom. The summed E-state index contributed by atoms with van der Waals surface area (Å²) in [5, 5.41) is 3.61. The maximum absolute atomic E-state index is 12.4. The van der Waals surface area contributed by atoms with Gasteiger partial charge < -0.3 is 10.3 Å². The fraction of sp³-hybridized carbons (Fsp3) is 0.350. The number of aromatic nitrogens is 1. The van der Waals surface area contributed by atoms with Crippen LogP contribution in [0.4, 0.5) is 5.69 Å². The number of amides is 1. The highest BCUT2D eigenvalue weighted by Crippen LogP contribution is 2.40. The van der Waals surface area contributed by atoms with Crippen molar-refractivity contribution in [3.8, 4) is 0 Å². The van der Waals surface area contributed by atoms with Crippen molar-refractivity contribution in [2.45, 2.75) is 45.4 Å². The average Bonchev–Trinajstić information content (AvgIpc) is 3.03. The lowest BCUT2D eigenvalue weighted by Gasteiger charge is -2.29. The number of H-pyrrole nitrogens is 1. The highest BCUT2D eigenvalue weighted by atomic mass is 35.5. The van der Waals surface area contributed by atoms with E-state index < -0.39 is 0 Å². The molecule has 4 rings (SSSR count). The molecule has 0 atom stereocenters. The number of hydrogen-bond acceptors (Lipinski definition) is 1. The summed E-state index contributed by atoms with van der Waals surface area (Å²) in [6.07, 6.45) is 5.43. The third kappa shape index (κ3) is 2.39. The zero-order valence-corrected chi connectivity index (χ0v) is 15.0. The fourth-order valence-electron chi connectivity index (χ4n) is 3.96. The minimum Gasteiger partial charge on any atom is -0.359 e. The van der Waals surface area contributed by atoms with Crippen LogP contribution in [0.15, 0.2) is 18.2 Å². The number of hydrogen-bond donors (Lipinski definition) is 2. The van der Waals surface area contributed by atoms with E-state index in [4.69, 9.17) is 11.6 Å². The Hall–Kier alpha value is -2.00. The zero-order chi connectivity index (χ0) is 17.1. The molecule has 1 aliphatic carbocycles. The van der Waals surface area contributed by atoms with Crippen molar-refractivity contribution in [1.82, 2.24) is 4.98 Å². The number of aryl methyl sites for hydroxylation is 2. The summed E-state index contributed by atoms with van der Waals surface area (Å²) in [4.78, 5) is 15.9. The summed E-state index contributed by atoms with van der Waals surface area (Å²) >= 11 is 6.19. The zero-order valence-electron chi connectivity index (χ0n) is 14.2. The van der Waals surface area contributed by atoms with Crippen LogP contribution in [-0.4, -0.2) is 10.9 Å². The summed E-state index contributed by atoms with van der Waals surface area (Å²) in [5.74, 6) is -0.0674. The van der Waals surface area contributed by atoms with Gasteiger partial charge in [0.1, 0.15) is 0 Å². The monoisotopic (exact) mass is 340 g/mol. The van der Waals surface area contributed by atoms with Gasteiger partial charge in [-0.05, 0) is 67.0 Å². The molecule has 124 valence electrons. The first-order valence-corrected chi connectivity index (χ1v) is 8.79. The number of halogens is 1. The van der Waals surface area contributed by atoms with Crippen LogP contribution in [0.2, 0.25) is 5.02 Å². The Kier molecular flexibility index (Phi) is 3.40. The van der Waals surface area contributed by atoms with Crippen LogP contribution in [0.5, 0.6) is 0 Å². The lowest BCUT2D eigenvalue weighted by Crippen LogP contribution is -2.22. The normalized spacial score (nSPS) is 20.0. The standard InChI is InChI=1S/C20H21ClN2O/c1-11-7-12(21)8-14-15(19(24)23-18(11)14)9-13-10-16-17(22-13)5-4-6-20(16,2)3/h7-10,22H,4-6H2,1-3H3,(H,23,24). The van der Waals surface area contributed by atoms with Crippen molar-refractivity contribution < 1.29 is 4.79 Å². The van der Waals surface area contributed by atoms with E-state index in [2.05, 4.69) is 30.2 Å². The number of benzene rings is 1. The second-order valence-electron chi connectivity index (χ2n) is 7.51. The van der Waals surface area contributed by atoms with Crippen molar-refractivity contribution >= 4 is 34.8 Å². The van der Waals surface area contributed by atoms with Crippen molar-refractivity contribution in [3.63, 3.8) is 0 Å². The predicted octanol–water partition coefficient (Wildman–Crippen LogP) is 5.08. The number of anilines is 1. The Balaban J connectivity index is 1.81. The maximum atomic E-state index is 12.4. The van der Waals surface area contributed by atoms with Gasteiger partial charge >= 0.3 is 0 Å². The molecule has 24 heavy (non-hydrogen) atoms. The second kappa shape index (κ2) is 5.25. The molecule has 4 heteroatoms. The number of fused-ring (bicyclic) bond motifs is 2. The summed E-state index contributed by atoms with van der Waals surface area (Å²) in [6, 6.07) is 5.93. The molecule has 0 spiro atoms. The SMILES string of the molecule is Cc1cc(Cl)cc2c1NC(=O)C2=Cc1cc2c([nH]1)CCCC2(C)C. The lowest BCUT2D eigenvalue weighted by molar-refractivity contribution is -0.110. The number of nitrogens with one attached hydrogen (secondary N) is 2. The van der Waals surface area contributed by atoms with Crippen molar-refractivity contribution in [2.24, 2.45) is 0 Å². The van der Waals surface area contributed by atoms with Gasteiger partial charge in [0.2, 0.25) is 0 Å². The maximum Gasteiger partial charge on any atom is 0.256 e. The fourth-order valence-corrected chi connectivity index (χ4v) is 4.24. The first-order valence-electron chi connectivity index (χ1n) is 8.41. The summed E-state index contributed by atoms with van der Waals surface area (Å²) < 4.78 is 0. The third-order valence-electron chi connectivity index (χ3n) is 5.25. The summed E-state index contributed by atoms with van der Waals surface area (Å²) in [5.41, 5.74) is 7.28. The molecule has 1 aromatic heterocycles. The van der Waals surface area contributed by atoms with E-state index in [0.29, 0.717) is 10.6 Å². The molecule has 0 unspecified atom stereocenters. The second-order valence-corrected chi connectivity index (χ2v) is 7.95. The lowest BCUT2D eigenvalue weighted by atomic mass is 9.75. The molecule has 0 bridgehead atoms. The van der Waals surface area contributed by atoms with E-state index in [9.17, 15) is 4.79 Å². The van der Waals surface area contributed by atoms with Gasteiger partial charge in [0, 0.05) is 22.0 Å². The first kappa shape index (κ1) is 15.5. The molecule has 1 aromatic carbocycles. The quantitative estimate of drug-likeness (QED) is 0.698. The van der Waals surface area contributed by atoms with Crippen LogP contribution in [0.3, 0.4) is 0 Å². The largest absolute Gasteiger partial charge is 0.359 e. The van der Waals surface area contributed by atoms with Crippen LogP contribution >= 0.6 is 11.6 Å². The molecule has 2 aliphatic rings. The smallest absolute Gasteiger partial charge is 0.256 e. The van der Waals surface area contributed by atoms with Crippen LogP contribution < -0.4 is 5.32 Å². The molecule has 0 radical (unpaired) electrons. The minimum absolute atomic E-state index is 0.0674. The molecule has 2 heterocycles. The van der Waals surface area contributed by atoms with Gasteiger partial charge in [-0.25, -0.2) is 0 Å². The molecule has 0 fully saturated rings. The number of carbonyl (C=O) groups excluding carboxylic acids is 1. The van der Waals surface area contributed by atoms with Crippen molar-refractivity contribution in [2.75, 3.05) is 5.32 Å². The summed E-state index contributed by atoms with van der Waals surface area (Å²) in [7, 11) is 0. The highest BCUT2D eigenvalue weighted by molar-refractivity contribution is 6.37. The van der Waals surface area contributed by atoms with E-state index >= 15 is 0 Å². The van der Waals surface area contributed by atoms with E-state index in [-0.39, 0.29) is 11.3 Å². The van der Waals surface area contributed by atoms with Gasteiger partial charge in [-0.1, -0.05) is 25.4 Å². The van der Waals surface area contributed by atoms with E-state index in [0.717, 1.165) is 28.9 Å². The molecule has 3 nitrogen and oxygen atoms in total. The molecule has 0 saturated heterocycles. The Labute approximate surface area is 147 Å². The highest BCUT2D eigenvalue weighted by Gasteiger charge is 2.30. The topological polar surface area (TPSA) is 44.9 Å². The molecule has 2 aromatic rings. The van der Waals surface area contributed by atoms with E-state index in [1.165, 1.54) is 24.1 Å². The Bertz CT molecular complexity index is 889. The Morgan fingerprint density at radius 1 is 1.25 bits per heavy atom. The predicted molar refractivity (Wildman–Crippen MR) is 99.4 cm³/mol. The first-order chi connectivity index (χ1) is 11.3. The van der Waals surface area contributed by atoms with E-state index in [1.54, 1.807) is 0 Å². The molecule has 0 saturated carbocycles. The van der Waals surface area contributed by atoms with Gasteiger partial charge in [0.05, 0.1) is 11.3 Å². The third-order valence-corrected chi connectivity index (χ3v) is 5.47. The van der Waals surface area contributed by atoms with Crippen LogP contribution in [0.25, 0.3) is 11.6 Å². The van der Waals surface area contributed by atoms with Crippen LogP contribution in [0.1, 0.15) is 54.8 Å². The molecular formula is C20H21ClN2O. The minimum atomic E-state index is -0.0674. The Morgan fingerprint density at radius 2 is 2.04 bits per heavy atom. The number of carbonyl (C=O) groups is 1. The van der Waals surface area contributed by atoms with Crippen molar-refractivity contribution in [1.29, 1.82) is 0 Å². The van der Waals surface area contributed by atoms with Gasteiger partial charge in [0.15, 0.2) is 0 Å². The molecule has 1 aliphatic heterocycles. The number of rotatable bonds is 1. The average molecular weight is 341 g/mol. The van der Waals surface area contributed by atoms with Gasteiger partial charge in [0.25, 0.3) is 5.91 Å². The number of aromatic amines is 1. The van der Waals surface area contributed by atoms with Gasteiger partial charge in [-0.3, -0.25) is 4.79 Å². The summed E-state index contributed by atoms with van der Waals surface area (Å²) in [6.45, 7) is 6.54. The van der Waals surface area contributed by atoms with Gasteiger partial charge in [-0.2, -0.15) is 0 Å². The van der Waals surface area contributed by atoms with Crippen LogP contribution in [-0.2, 0) is 16.6 Å².